The molecular formula is C11H15F3N2S. The van der Waals surface area contributed by atoms with Crippen LogP contribution in [0.2, 0.25) is 0 Å². The highest BCUT2D eigenvalue weighted by Crippen LogP contribution is 2.45. The second-order valence-electron chi connectivity index (χ2n) is 4.32. The molecule has 0 amide bonds. The third-order valence-electron chi connectivity index (χ3n) is 3.21. The largest absolute Gasteiger partial charge is 0.443 e. The van der Waals surface area contributed by atoms with E-state index in [-0.39, 0.29) is 5.92 Å². The minimum Gasteiger partial charge on any atom is -0.317 e. The maximum Gasteiger partial charge on any atom is 0.443 e. The number of aromatic nitrogens is 1. The van der Waals surface area contributed by atoms with Crippen molar-refractivity contribution in [3.8, 4) is 0 Å². The molecule has 0 spiro atoms. The summed E-state index contributed by atoms with van der Waals surface area (Å²) in [6, 6.07) is 0. The van der Waals surface area contributed by atoms with Gasteiger partial charge in [0, 0.05) is 11.1 Å². The number of rotatable bonds is 4. The summed E-state index contributed by atoms with van der Waals surface area (Å²) in [6.45, 7) is 3.82. The van der Waals surface area contributed by atoms with Crippen molar-refractivity contribution >= 4 is 11.3 Å². The van der Waals surface area contributed by atoms with Crippen LogP contribution in [0.5, 0.6) is 0 Å². The number of thiazole rings is 1. The van der Waals surface area contributed by atoms with Gasteiger partial charge in [-0.15, -0.1) is 11.3 Å². The van der Waals surface area contributed by atoms with Gasteiger partial charge in [-0.25, -0.2) is 4.98 Å². The molecule has 2 rings (SSSR count). The molecule has 2 nitrogen and oxygen atoms in total. The van der Waals surface area contributed by atoms with Crippen molar-refractivity contribution in [2.45, 2.75) is 31.9 Å². The molecule has 1 heterocycles. The van der Waals surface area contributed by atoms with Gasteiger partial charge in [0.2, 0.25) is 0 Å². The van der Waals surface area contributed by atoms with Gasteiger partial charge in [-0.1, -0.05) is 6.92 Å². The molecule has 96 valence electrons. The van der Waals surface area contributed by atoms with E-state index in [1.165, 1.54) is 6.20 Å². The Hall–Kier alpha value is -0.620. The van der Waals surface area contributed by atoms with Crippen LogP contribution >= 0.6 is 11.3 Å². The van der Waals surface area contributed by atoms with Crippen LogP contribution < -0.4 is 5.32 Å². The van der Waals surface area contributed by atoms with Gasteiger partial charge >= 0.3 is 6.18 Å². The molecule has 0 aromatic carbocycles. The van der Waals surface area contributed by atoms with Crippen LogP contribution in [-0.4, -0.2) is 18.1 Å². The number of alkyl halides is 3. The highest BCUT2D eigenvalue weighted by atomic mass is 32.1. The summed E-state index contributed by atoms with van der Waals surface area (Å²) in [5.41, 5.74) is 0. The molecule has 1 N–H and O–H groups in total. The van der Waals surface area contributed by atoms with E-state index in [2.05, 4.69) is 10.3 Å². The molecule has 1 fully saturated rings. The molecule has 6 heteroatoms. The first-order chi connectivity index (χ1) is 8.02. The summed E-state index contributed by atoms with van der Waals surface area (Å²) in [6.07, 6.45) is -0.827. The normalized spacial score (nSPS) is 24.7. The maximum atomic E-state index is 12.4. The lowest BCUT2D eigenvalue weighted by Crippen LogP contribution is -2.33. The molecule has 0 aliphatic heterocycles. The van der Waals surface area contributed by atoms with Gasteiger partial charge in [0.1, 0.15) is 0 Å². The zero-order valence-corrected chi connectivity index (χ0v) is 10.4. The summed E-state index contributed by atoms with van der Waals surface area (Å²) in [4.78, 5) is 4.26. The van der Waals surface area contributed by atoms with Crippen LogP contribution in [0.15, 0.2) is 6.20 Å². The molecule has 1 aromatic heterocycles. The third kappa shape index (κ3) is 2.80. The third-order valence-corrected chi connectivity index (χ3v) is 4.38. The van der Waals surface area contributed by atoms with Crippen molar-refractivity contribution < 1.29 is 13.2 Å². The van der Waals surface area contributed by atoms with Crippen molar-refractivity contribution in [2.75, 3.05) is 13.1 Å². The molecule has 1 saturated carbocycles. The lowest BCUT2D eigenvalue weighted by molar-refractivity contribution is -0.137. The predicted octanol–water partition coefficient (Wildman–Crippen LogP) is 3.27. The molecule has 2 atom stereocenters. The lowest BCUT2D eigenvalue weighted by atomic mass is 9.73. The minimum atomic E-state index is -4.30. The lowest BCUT2D eigenvalue weighted by Gasteiger charge is -2.36. The van der Waals surface area contributed by atoms with Crippen LogP contribution in [0.4, 0.5) is 13.2 Å². The molecule has 17 heavy (non-hydrogen) atoms. The summed E-state index contributed by atoms with van der Waals surface area (Å²) in [5.74, 6) is 0.735. The number of hydrogen-bond acceptors (Lipinski definition) is 3. The fourth-order valence-corrected chi connectivity index (χ4v) is 3.12. The molecule has 1 aromatic rings. The summed E-state index contributed by atoms with van der Waals surface area (Å²) < 4.78 is 37.3. The SMILES string of the molecule is CCNCC1CCC1c1cnc(C(F)(F)F)s1. The van der Waals surface area contributed by atoms with E-state index in [1.54, 1.807) is 0 Å². The monoisotopic (exact) mass is 264 g/mol. The fourth-order valence-electron chi connectivity index (χ4n) is 2.11. The van der Waals surface area contributed by atoms with Crippen LogP contribution in [0, 0.1) is 5.92 Å². The number of nitrogens with zero attached hydrogens (tertiary/aromatic N) is 1. The first-order valence-electron chi connectivity index (χ1n) is 5.76. The minimum absolute atomic E-state index is 0.266. The first-order valence-corrected chi connectivity index (χ1v) is 6.57. The summed E-state index contributed by atoms with van der Waals surface area (Å²) in [5, 5.41) is 2.53. The Labute approximate surface area is 102 Å². The van der Waals surface area contributed by atoms with Crippen LogP contribution in [0.3, 0.4) is 0 Å². The second-order valence-corrected chi connectivity index (χ2v) is 5.38. The average Bonchev–Trinajstić information content (AvgIpc) is 2.65. The predicted molar refractivity (Wildman–Crippen MR) is 61.1 cm³/mol. The van der Waals surface area contributed by atoms with E-state index in [9.17, 15) is 13.2 Å². The number of hydrogen-bond donors (Lipinski definition) is 1. The highest BCUT2D eigenvalue weighted by molar-refractivity contribution is 7.11. The molecule has 0 bridgehead atoms. The van der Waals surface area contributed by atoms with Gasteiger partial charge < -0.3 is 5.32 Å². The van der Waals surface area contributed by atoms with Crippen LogP contribution in [0.1, 0.15) is 35.6 Å². The highest BCUT2D eigenvalue weighted by Gasteiger charge is 2.38. The van der Waals surface area contributed by atoms with Gasteiger partial charge in [0.25, 0.3) is 0 Å². The zero-order chi connectivity index (χ0) is 12.5. The number of halogens is 3. The quantitative estimate of drug-likeness (QED) is 0.902. The van der Waals surface area contributed by atoms with E-state index >= 15 is 0 Å². The second kappa shape index (κ2) is 4.94. The van der Waals surface area contributed by atoms with Gasteiger partial charge in [-0.05, 0) is 37.8 Å². The molecule has 1 aliphatic rings. The smallest absolute Gasteiger partial charge is 0.317 e. The van der Waals surface area contributed by atoms with Gasteiger partial charge in [-0.3, -0.25) is 0 Å². The molecule has 0 radical (unpaired) electrons. The van der Waals surface area contributed by atoms with Crippen molar-refractivity contribution in [3.63, 3.8) is 0 Å². The molecule has 2 unspecified atom stereocenters. The van der Waals surface area contributed by atoms with Crippen molar-refractivity contribution in [1.82, 2.24) is 10.3 Å². The van der Waals surface area contributed by atoms with Crippen molar-refractivity contribution in [3.05, 3.63) is 16.1 Å². The van der Waals surface area contributed by atoms with E-state index < -0.39 is 11.2 Å². The average molecular weight is 264 g/mol. The van der Waals surface area contributed by atoms with Crippen LogP contribution in [-0.2, 0) is 6.18 Å². The summed E-state index contributed by atoms with van der Waals surface area (Å²) >= 11 is 0.797. The Bertz CT molecular complexity index is 375. The van der Waals surface area contributed by atoms with Crippen molar-refractivity contribution in [2.24, 2.45) is 5.92 Å². The molecular weight excluding hydrogens is 249 g/mol. The maximum absolute atomic E-state index is 12.4. The Balaban J connectivity index is 2.01. The van der Waals surface area contributed by atoms with Crippen molar-refractivity contribution in [1.29, 1.82) is 0 Å². The summed E-state index contributed by atoms with van der Waals surface area (Å²) in [7, 11) is 0. The molecule has 1 aliphatic carbocycles. The Morgan fingerprint density at radius 3 is 2.71 bits per heavy atom. The Kier molecular flexibility index (Phi) is 3.73. The Morgan fingerprint density at radius 1 is 1.47 bits per heavy atom. The van der Waals surface area contributed by atoms with Gasteiger partial charge in [0.15, 0.2) is 5.01 Å². The van der Waals surface area contributed by atoms with Crippen LogP contribution in [0.25, 0.3) is 0 Å². The van der Waals surface area contributed by atoms with Gasteiger partial charge in [0.05, 0.1) is 0 Å². The topological polar surface area (TPSA) is 24.9 Å². The van der Waals surface area contributed by atoms with Gasteiger partial charge in [-0.2, -0.15) is 13.2 Å². The molecule has 0 saturated heterocycles. The number of nitrogens with one attached hydrogen (secondary N) is 1. The standard InChI is InChI=1S/C11H15F3N2S/c1-2-15-5-7-3-4-8(7)9-6-16-10(17-9)11(12,13)14/h6-8,15H,2-5H2,1H3. The van der Waals surface area contributed by atoms with E-state index in [0.717, 1.165) is 42.1 Å². The van der Waals surface area contributed by atoms with E-state index in [1.807, 2.05) is 6.92 Å². The zero-order valence-electron chi connectivity index (χ0n) is 9.55. The Morgan fingerprint density at radius 2 is 2.24 bits per heavy atom. The first kappa shape index (κ1) is 12.8. The van der Waals surface area contributed by atoms with E-state index in [0.29, 0.717) is 5.92 Å². The fraction of sp³-hybridized carbons (Fsp3) is 0.727. The van der Waals surface area contributed by atoms with E-state index in [4.69, 9.17) is 0 Å².